The van der Waals surface area contributed by atoms with Gasteiger partial charge < -0.3 is 10.2 Å². The van der Waals surface area contributed by atoms with Gasteiger partial charge in [0.05, 0.1) is 11.6 Å². The highest BCUT2D eigenvalue weighted by molar-refractivity contribution is 6.31. The van der Waals surface area contributed by atoms with Crippen LogP contribution in [0, 0.1) is 29.1 Å². The van der Waals surface area contributed by atoms with Gasteiger partial charge in [0, 0.05) is 17.4 Å². The Bertz CT molecular complexity index is 1120. The van der Waals surface area contributed by atoms with Crippen molar-refractivity contribution >= 4 is 23.2 Å². The van der Waals surface area contributed by atoms with E-state index in [1.807, 2.05) is 24.3 Å². The van der Waals surface area contributed by atoms with Crippen LogP contribution in [0.5, 0.6) is 0 Å². The largest absolute Gasteiger partial charge is 0.392 e. The lowest BCUT2D eigenvalue weighted by molar-refractivity contribution is -0.129. The number of aliphatic hydroxyl groups is 2. The summed E-state index contributed by atoms with van der Waals surface area (Å²) in [5.41, 5.74) is 1.32. The summed E-state index contributed by atoms with van der Waals surface area (Å²) in [6, 6.07) is 7.99. The van der Waals surface area contributed by atoms with Crippen LogP contribution in [0.15, 0.2) is 59.2 Å². The van der Waals surface area contributed by atoms with E-state index in [9.17, 15) is 19.8 Å². The number of fused-ring (bicyclic) bond motifs is 5. The molecular formula is C30H35ClO4. The Morgan fingerprint density at radius 2 is 1.91 bits per heavy atom. The predicted octanol–water partition coefficient (Wildman–Crippen LogP) is 5.74. The first-order chi connectivity index (χ1) is 16.7. The Morgan fingerprint density at radius 3 is 2.60 bits per heavy atom. The van der Waals surface area contributed by atoms with Crippen molar-refractivity contribution in [3.63, 3.8) is 0 Å². The molecule has 4 aliphatic rings. The Hall–Kier alpha value is -2.01. The normalized spacial score (nSPS) is 38.8. The average Bonchev–Trinajstić information content (AvgIpc) is 2.85. The van der Waals surface area contributed by atoms with Gasteiger partial charge in [0.15, 0.2) is 11.6 Å². The predicted molar refractivity (Wildman–Crippen MR) is 137 cm³/mol. The van der Waals surface area contributed by atoms with Crippen molar-refractivity contribution < 1.29 is 19.8 Å². The second kappa shape index (κ2) is 9.14. The van der Waals surface area contributed by atoms with Gasteiger partial charge in [-0.05, 0) is 86.3 Å². The maximum Gasteiger partial charge on any atom is 0.159 e. The number of rotatable bonds is 4. The summed E-state index contributed by atoms with van der Waals surface area (Å²) in [4.78, 5) is 24.2. The van der Waals surface area contributed by atoms with Crippen LogP contribution >= 0.6 is 11.6 Å². The minimum atomic E-state index is -1.35. The van der Waals surface area contributed by atoms with E-state index in [1.165, 1.54) is 11.1 Å². The number of carbonyl (C=O) groups is 2. The molecule has 0 heterocycles. The quantitative estimate of drug-likeness (QED) is 0.413. The lowest BCUT2D eigenvalue weighted by Crippen LogP contribution is -2.60. The molecule has 4 nitrogen and oxygen atoms in total. The Morgan fingerprint density at radius 1 is 1.17 bits per heavy atom. The molecule has 1 aromatic carbocycles. The van der Waals surface area contributed by atoms with Crippen LogP contribution < -0.4 is 0 Å². The topological polar surface area (TPSA) is 74.6 Å². The third-order valence-electron chi connectivity index (χ3n) is 9.69. The number of hydrogen-bond donors (Lipinski definition) is 2. The Kier molecular flexibility index (Phi) is 6.44. The molecule has 0 amide bonds. The number of carbonyl (C=O) groups excluding carboxylic acids is 2. The fourth-order valence-corrected chi connectivity index (χ4v) is 8.35. The summed E-state index contributed by atoms with van der Waals surface area (Å²) in [7, 11) is 0. The number of ketones is 2. The summed E-state index contributed by atoms with van der Waals surface area (Å²) >= 11 is 6.71. The van der Waals surface area contributed by atoms with Crippen LogP contribution in [0.4, 0.5) is 0 Å². The van der Waals surface area contributed by atoms with Crippen LogP contribution in [-0.2, 0) is 4.79 Å². The van der Waals surface area contributed by atoms with Crippen molar-refractivity contribution in [2.45, 2.75) is 63.9 Å². The van der Waals surface area contributed by atoms with Gasteiger partial charge in [-0.3, -0.25) is 9.59 Å². The maximum absolute atomic E-state index is 12.2. The van der Waals surface area contributed by atoms with E-state index in [-0.39, 0.29) is 30.0 Å². The third kappa shape index (κ3) is 3.89. The van der Waals surface area contributed by atoms with E-state index >= 15 is 0 Å². The van der Waals surface area contributed by atoms with Crippen molar-refractivity contribution in [3.8, 4) is 0 Å². The summed E-state index contributed by atoms with van der Waals surface area (Å²) in [6.45, 7) is 3.59. The molecule has 5 rings (SSSR count). The van der Waals surface area contributed by atoms with E-state index in [1.54, 1.807) is 19.1 Å². The molecule has 2 fully saturated rings. The molecule has 5 heteroatoms. The molecule has 35 heavy (non-hydrogen) atoms. The standard InChI is InChI=1S/C30H35ClO4/c1-18(33)19-4-6-20(7-5-19)25-17-29(2)26(12-13-27(31)30(29,35)14-3-15-32)24-10-8-21-16-22(34)9-11-23(21)28(24)25/h3-7,13-14,16,23-26,28,32,35H,8-12,15,17H2,1-2H3/b14-3-/t23-,24-,25+,26-,28+,29-,30?/m0/s1. The second-order valence-corrected chi connectivity index (χ2v) is 11.7. The first kappa shape index (κ1) is 24.7. The van der Waals surface area contributed by atoms with Gasteiger partial charge in [-0.15, -0.1) is 0 Å². The van der Waals surface area contributed by atoms with E-state index in [2.05, 4.69) is 19.1 Å². The van der Waals surface area contributed by atoms with Gasteiger partial charge in [-0.2, -0.15) is 0 Å². The van der Waals surface area contributed by atoms with Gasteiger partial charge in [-0.1, -0.05) is 60.5 Å². The first-order valence-corrected chi connectivity index (χ1v) is 13.3. The molecule has 1 unspecified atom stereocenters. The minimum Gasteiger partial charge on any atom is -0.392 e. The number of Topliss-reactive ketones (excluding diaryl/α,β-unsaturated/α-hetero) is 1. The average molecular weight is 495 g/mol. The molecule has 0 bridgehead atoms. The number of benzene rings is 1. The molecule has 0 aromatic heterocycles. The molecule has 1 aromatic rings. The lowest BCUT2D eigenvalue weighted by atomic mass is 9.43. The van der Waals surface area contributed by atoms with Gasteiger partial charge in [-0.25, -0.2) is 0 Å². The smallest absolute Gasteiger partial charge is 0.159 e. The summed E-state index contributed by atoms with van der Waals surface area (Å²) in [5.74, 6) is 1.84. The summed E-state index contributed by atoms with van der Waals surface area (Å²) < 4.78 is 0. The van der Waals surface area contributed by atoms with Gasteiger partial charge in [0.25, 0.3) is 0 Å². The van der Waals surface area contributed by atoms with Gasteiger partial charge >= 0.3 is 0 Å². The van der Waals surface area contributed by atoms with E-state index < -0.39 is 11.0 Å². The Labute approximate surface area is 212 Å². The van der Waals surface area contributed by atoms with Gasteiger partial charge in [0.1, 0.15) is 5.60 Å². The number of aliphatic hydroxyl groups excluding tert-OH is 1. The molecule has 0 aliphatic heterocycles. The minimum absolute atomic E-state index is 0.0477. The number of halogens is 1. The van der Waals surface area contributed by atoms with E-state index in [0.29, 0.717) is 34.8 Å². The van der Waals surface area contributed by atoms with Crippen molar-refractivity contribution in [3.05, 3.63) is 70.3 Å². The molecule has 0 radical (unpaired) electrons. The molecule has 4 aliphatic carbocycles. The van der Waals surface area contributed by atoms with Gasteiger partial charge in [0.2, 0.25) is 0 Å². The first-order valence-electron chi connectivity index (χ1n) is 12.9. The van der Waals surface area contributed by atoms with Crippen molar-refractivity contribution in [2.24, 2.45) is 29.1 Å². The fraction of sp³-hybridized carbons (Fsp3) is 0.533. The molecular weight excluding hydrogens is 460 g/mol. The van der Waals surface area contributed by atoms with Crippen LogP contribution in [0.2, 0.25) is 0 Å². The highest BCUT2D eigenvalue weighted by Gasteiger charge is 2.62. The molecule has 0 saturated heterocycles. The van der Waals surface area contributed by atoms with E-state index in [0.717, 1.165) is 32.1 Å². The van der Waals surface area contributed by atoms with Crippen molar-refractivity contribution in [2.75, 3.05) is 6.61 Å². The van der Waals surface area contributed by atoms with Crippen LogP contribution in [0.25, 0.3) is 0 Å². The fourth-order valence-electron chi connectivity index (χ4n) is 7.99. The zero-order valence-electron chi connectivity index (χ0n) is 20.5. The van der Waals surface area contributed by atoms with Crippen LogP contribution in [0.3, 0.4) is 0 Å². The lowest BCUT2D eigenvalue weighted by Gasteiger charge is -2.63. The molecule has 2 N–H and O–H groups in total. The number of allylic oxidation sites excluding steroid dienone is 3. The van der Waals surface area contributed by atoms with Crippen LogP contribution in [-0.4, -0.2) is 34.0 Å². The second-order valence-electron chi connectivity index (χ2n) is 11.3. The monoisotopic (exact) mass is 494 g/mol. The SMILES string of the molecule is CC(=O)c1ccc([C@H]2C[C@@]3(C)[C@@H](CC=C(Cl)C3(O)/C=C\CO)[C@@H]3CCC4=CC(=O)CC[C@@H]4[C@H]32)cc1. The highest BCUT2D eigenvalue weighted by atomic mass is 35.5. The zero-order chi connectivity index (χ0) is 25.0. The van der Waals surface area contributed by atoms with Crippen molar-refractivity contribution in [1.82, 2.24) is 0 Å². The van der Waals surface area contributed by atoms with E-state index in [4.69, 9.17) is 11.6 Å². The Balaban J connectivity index is 1.64. The molecule has 186 valence electrons. The van der Waals surface area contributed by atoms with Crippen LogP contribution in [0.1, 0.15) is 74.2 Å². The molecule has 7 atom stereocenters. The molecule has 0 spiro atoms. The number of hydrogen-bond acceptors (Lipinski definition) is 4. The zero-order valence-corrected chi connectivity index (χ0v) is 21.3. The summed E-state index contributed by atoms with van der Waals surface area (Å²) in [6.07, 6.45) is 12.2. The summed E-state index contributed by atoms with van der Waals surface area (Å²) in [5, 5.41) is 22.0. The highest BCUT2D eigenvalue weighted by Crippen LogP contribution is 2.67. The maximum atomic E-state index is 12.2. The molecule has 2 saturated carbocycles. The third-order valence-corrected chi connectivity index (χ3v) is 10.1. The van der Waals surface area contributed by atoms with Crippen molar-refractivity contribution in [1.29, 1.82) is 0 Å².